The van der Waals surface area contributed by atoms with Gasteiger partial charge in [-0.2, -0.15) is 0 Å². The Morgan fingerprint density at radius 1 is 0.838 bits per heavy atom. The molecule has 0 aliphatic carbocycles. The number of carbonyl (C=O) groups is 3. The van der Waals surface area contributed by atoms with E-state index in [0.29, 0.717) is 34.6 Å². The molecule has 3 aromatic carbocycles. The lowest BCUT2D eigenvalue weighted by Gasteiger charge is -2.13. The monoisotopic (exact) mass is 562 g/mol. The number of aromatic nitrogens is 1. The summed E-state index contributed by atoms with van der Waals surface area (Å²) in [6.45, 7) is 6.50. The van der Waals surface area contributed by atoms with Gasteiger partial charge in [0, 0.05) is 21.2 Å². The molecule has 0 radical (unpaired) electrons. The maximum atomic E-state index is 13.3. The molecule has 0 atom stereocenters. The van der Waals surface area contributed by atoms with Gasteiger partial charge in [-0.3, -0.25) is 19.8 Å². The van der Waals surface area contributed by atoms with E-state index in [0.717, 1.165) is 22.0 Å². The molecule has 0 aliphatic rings. The zero-order chi connectivity index (χ0) is 26.5. The third-order valence-corrected chi connectivity index (χ3v) is 5.97. The van der Waals surface area contributed by atoms with Crippen LogP contribution in [-0.4, -0.2) is 29.0 Å². The van der Waals surface area contributed by atoms with E-state index in [9.17, 15) is 14.4 Å². The number of benzene rings is 3. The molecule has 1 aromatic heterocycles. The number of anilines is 2. The molecule has 0 fully saturated rings. The summed E-state index contributed by atoms with van der Waals surface area (Å²) < 4.78 is 7.67. The number of nitrogens with zero attached hydrogens (tertiary/aromatic N) is 1. The number of hydrogen-bond donors (Lipinski definition) is 3. The van der Waals surface area contributed by atoms with Gasteiger partial charge in [-0.15, -0.1) is 0 Å². The lowest BCUT2D eigenvalue weighted by atomic mass is 10.1. The average Bonchev–Trinajstić information content (AvgIpc) is 3.20. The van der Waals surface area contributed by atoms with E-state index in [2.05, 4.69) is 32.0 Å². The van der Waals surface area contributed by atoms with Gasteiger partial charge in [0.05, 0.1) is 12.1 Å². The highest BCUT2D eigenvalue weighted by Gasteiger charge is 2.21. The number of aryl methyl sites for hydroxylation is 2. The van der Waals surface area contributed by atoms with Crippen LogP contribution in [0.15, 0.2) is 71.2 Å². The van der Waals surface area contributed by atoms with Crippen molar-refractivity contribution in [1.82, 2.24) is 4.68 Å². The summed E-state index contributed by atoms with van der Waals surface area (Å²) >= 11 is 3.43. The Hall–Kier alpha value is -4.11. The van der Waals surface area contributed by atoms with Crippen LogP contribution in [0.5, 0.6) is 5.75 Å². The van der Waals surface area contributed by atoms with Gasteiger partial charge in [-0.25, -0.2) is 4.68 Å². The Balaban J connectivity index is 1.56. The molecule has 0 bridgehead atoms. The van der Waals surface area contributed by atoms with Crippen LogP contribution in [0.4, 0.5) is 11.4 Å². The van der Waals surface area contributed by atoms with Crippen molar-refractivity contribution in [3.8, 4) is 5.75 Å². The van der Waals surface area contributed by atoms with Crippen LogP contribution in [0, 0.1) is 13.8 Å². The lowest BCUT2D eigenvalue weighted by Crippen LogP contribution is -2.36. The minimum absolute atomic E-state index is 0.172. The largest absolute Gasteiger partial charge is 0.494 e. The molecule has 0 spiro atoms. The third kappa shape index (κ3) is 6.37. The number of carbonyl (C=O) groups excluding carboxylic acids is 3. The van der Waals surface area contributed by atoms with Gasteiger partial charge in [0.1, 0.15) is 11.4 Å². The Labute approximate surface area is 223 Å². The second kappa shape index (κ2) is 11.3. The number of halogens is 1. The van der Waals surface area contributed by atoms with Crippen molar-refractivity contribution in [2.24, 2.45) is 0 Å². The van der Waals surface area contributed by atoms with E-state index in [-0.39, 0.29) is 5.69 Å². The summed E-state index contributed by atoms with van der Waals surface area (Å²) in [7, 11) is 0. The molecule has 3 N–H and O–H groups in total. The second-order valence-corrected chi connectivity index (χ2v) is 9.58. The highest BCUT2D eigenvalue weighted by Crippen LogP contribution is 2.24. The summed E-state index contributed by atoms with van der Waals surface area (Å²) in [4.78, 5) is 38.8. The first-order valence-corrected chi connectivity index (χ1v) is 12.6. The van der Waals surface area contributed by atoms with Crippen molar-refractivity contribution in [2.45, 2.75) is 27.2 Å². The second-order valence-electron chi connectivity index (χ2n) is 8.67. The van der Waals surface area contributed by atoms with Gasteiger partial charge in [-0.05, 0) is 92.1 Å². The van der Waals surface area contributed by atoms with Gasteiger partial charge < -0.3 is 15.4 Å². The molecular weight excluding hydrogens is 536 g/mol. The molecule has 4 rings (SSSR count). The molecule has 0 unspecified atom stereocenters. The van der Waals surface area contributed by atoms with E-state index < -0.39 is 17.7 Å². The Bertz CT molecular complexity index is 1460. The van der Waals surface area contributed by atoms with Crippen LogP contribution < -0.4 is 20.8 Å². The number of ether oxygens (including phenoxy) is 1. The Kier molecular flexibility index (Phi) is 7.93. The standard InChI is InChI=1S/C28H27BrN4O4/c1-4-11-37-23-8-6-21(7-9-23)30-27(35)28(36)32-33-24-10-5-20(29)15-19(24)16-25(33)26(34)31-22-13-17(2)12-18(3)14-22/h5-10,12-16H,4,11H2,1-3H3,(H,30,35)(H,31,34)(H,32,36). The quantitative estimate of drug-likeness (QED) is 0.249. The first-order valence-electron chi connectivity index (χ1n) is 11.8. The van der Waals surface area contributed by atoms with Crippen molar-refractivity contribution in [1.29, 1.82) is 0 Å². The summed E-state index contributed by atoms with van der Waals surface area (Å²) in [6.07, 6.45) is 0.883. The number of fused-ring (bicyclic) bond motifs is 1. The molecule has 9 heteroatoms. The fourth-order valence-corrected chi connectivity index (χ4v) is 4.29. The van der Waals surface area contributed by atoms with Crippen molar-refractivity contribution in [3.63, 3.8) is 0 Å². The molecular formula is C28H27BrN4O4. The van der Waals surface area contributed by atoms with Crippen LogP contribution in [0.1, 0.15) is 35.0 Å². The first-order chi connectivity index (χ1) is 17.7. The number of amides is 3. The van der Waals surface area contributed by atoms with E-state index >= 15 is 0 Å². The zero-order valence-electron chi connectivity index (χ0n) is 20.7. The number of nitrogens with one attached hydrogen (secondary N) is 3. The van der Waals surface area contributed by atoms with E-state index in [1.54, 1.807) is 42.5 Å². The smallest absolute Gasteiger partial charge is 0.328 e. The van der Waals surface area contributed by atoms with Crippen molar-refractivity contribution >= 4 is 55.9 Å². The fraction of sp³-hybridized carbons (Fsp3) is 0.179. The minimum Gasteiger partial charge on any atom is -0.494 e. The van der Waals surface area contributed by atoms with Gasteiger partial charge in [-0.1, -0.05) is 28.9 Å². The Morgan fingerprint density at radius 3 is 2.22 bits per heavy atom. The molecule has 8 nitrogen and oxygen atoms in total. The number of hydrogen-bond acceptors (Lipinski definition) is 4. The maximum Gasteiger partial charge on any atom is 0.328 e. The predicted molar refractivity (Wildman–Crippen MR) is 149 cm³/mol. The molecule has 4 aromatic rings. The summed E-state index contributed by atoms with van der Waals surface area (Å²) in [6, 6.07) is 19.5. The molecule has 0 saturated carbocycles. The normalized spacial score (nSPS) is 10.7. The third-order valence-electron chi connectivity index (χ3n) is 5.48. The molecule has 3 amide bonds. The first kappa shape index (κ1) is 26.0. The lowest BCUT2D eigenvalue weighted by molar-refractivity contribution is -0.133. The van der Waals surface area contributed by atoms with Crippen LogP contribution in [-0.2, 0) is 9.59 Å². The minimum atomic E-state index is -0.924. The van der Waals surface area contributed by atoms with Crippen LogP contribution >= 0.6 is 15.9 Å². The molecule has 0 saturated heterocycles. The van der Waals surface area contributed by atoms with Crippen molar-refractivity contribution in [2.75, 3.05) is 22.7 Å². The summed E-state index contributed by atoms with van der Waals surface area (Å²) in [5.74, 6) is -1.55. The fourth-order valence-electron chi connectivity index (χ4n) is 3.91. The molecule has 0 aliphatic heterocycles. The maximum absolute atomic E-state index is 13.3. The van der Waals surface area contributed by atoms with Crippen LogP contribution in [0.2, 0.25) is 0 Å². The van der Waals surface area contributed by atoms with Gasteiger partial charge in [0.2, 0.25) is 0 Å². The highest BCUT2D eigenvalue weighted by atomic mass is 79.9. The van der Waals surface area contributed by atoms with Gasteiger partial charge in [0.25, 0.3) is 5.91 Å². The SMILES string of the molecule is CCCOc1ccc(NC(=O)C(=O)Nn2c(C(=O)Nc3cc(C)cc(C)c3)cc3cc(Br)ccc32)cc1. The van der Waals surface area contributed by atoms with Gasteiger partial charge >= 0.3 is 11.8 Å². The van der Waals surface area contributed by atoms with E-state index in [4.69, 9.17) is 4.74 Å². The van der Waals surface area contributed by atoms with Crippen molar-refractivity contribution < 1.29 is 19.1 Å². The van der Waals surface area contributed by atoms with E-state index in [1.165, 1.54) is 4.68 Å². The van der Waals surface area contributed by atoms with Gasteiger partial charge in [0.15, 0.2) is 0 Å². The summed E-state index contributed by atoms with van der Waals surface area (Å²) in [5.41, 5.74) is 6.40. The Morgan fingerprint density at radius 2 is 1.54 bits per heavy atom. The highest BCUT2D eigenvalue weighted by molar-refractivity contribution is 9.10. The van der Waals surface area contributed by atoms with E-state index in [1.807, 2.05) is 45.0 Å². The molecule has 1 heterocycles. The number of rotatable bonds is 7. The molecule has 190 valence electrons. The molecule has 37 heavy (non-hydrogen) atoms. The summed E-state index contributed by atoms with van der Waals surface area (Å²) in [5, 5.41) is 6.16. The zero-order valence-corrected chi connectivity index (χ0v) is 22.3. The predicted octanol–water partition coefficient (Wildman–Crippen LogP) is 5.77. The average molecular weight is 563 g/mol. The van der Waals surface area contributed by atoms with Crippen LogP contribution in [0.25, 0.3) is 10.9 Å². The topological polar surface area (TPSA) is 101 Å². The van der Waals surface area contributed by atoms with Crippen LogP contribution in [0.3, 0.4) is 0 Å². The van der Waals surface area contributed by atoms with Crippen molar-refractivity contribution in [3.05, 3.63) is 88.0 Å².